The van der Waals surface area contributed by atoms with E-state index in [0.29, 0.717) is 5.69 Å². The van der Waals surface area contributed by atoms with Gasteiger partial charge in [-0.15, -0.1) is 0 Å². The first kappa shape index (κ1) is 23.8. The van der Waals surface area contributed by atoms with E-state index in [1.807, 2.05) is 42.5 Å². The number of benzene rings is 4. The summed E-state index contributed by atoms with van der Waals surface area (Å²) in [5, 5.41) is 3.07. The minimum absolute atomic E-state index is 0.0310. The zero-order chi connectivity index (χ0) is 24.1. The molecule has 0 unspecified atom stereocenters. The van der Waals surface area contributed by atoms with Crippen LogP contribution >= 0.6 is 23.2 Å². The molecule has 0 radical (unpaired) electrons. The zero-order valence-corrected chi connectivity index (χ0v) is 20.2. The standard InChI is InChI=1S/C26H20Cl2N2O3S/c27-22-15-9-17-24(26(22)28)30(34(32,33)20-12-5-2-6-13-20)18-25(31)29-23-16-8-7-14-21(23)19-10-3-1-4-11-19/h1-17H,18H2,(H,29,31). The lowest BCUT2D eigenvalue weighted by atomic mass is 10.0. The fourth-order valence-electron chi connectivity index (χ4n) is 3.49. The fourth-order valence-corrected chi connectivity index (χ4v) is 5.39. The van der Waals surface area contributed by atoms with Crippen molar-refractivity contribution in [1.82, 2.24) is 0 Å². The molecule has 0 bridgehead atoms. The summed E-state index contributed by atoms with van der Waals surface area (Å²) in [5.74, 6) is -0.529. The molecular weight excluding hydrogens is 491 g/mol. The summed E-state index contributed by atoms with van der Waals surface area (Å²) in [6.45, 7) is -0.500. The Morgan fingerprint density at radius 1 is 0.765 bits per heavy atom. The van der Waals surface area contributed by atoms with E-state index in [1.54, 1.807) is 42.5 Å². The molecular formula is C26H20Cl2N2O3S. The van der Waals surface area contributed by atoms with Crippen LogP contribution in [0.3, 0.4) is 0 Å². The van der Waals surface area contributed by atoms with Crippen LogP contribution in [0.2, 0.25) is 10.0 Å². The molecule has 4 aromatic carbocycles. The average molecular weight is 511 g/mol. The van der Waals surface area contributed by atoms with Crippen LogP contribution in [0.4, 0.5) is 11.4 Å². The molecule has 0 atom stereocenters. The number of hydrogen-bond acceptors (Lipinski definition) is 3. The van der Waals surface area contributed by atoms with Crippen molar-refractivity contribution in [3.05, 3.63) is 113 Å². The van der Waals surface area contributed by atoms with Gasteiger partial charge in [-0.1, -0.05) is 96.0 Å². The van der Waals surface area contributed by atoms with Crippen molar-refractivity contribution < 1.29 is 13.2 Å². The molecule has 4 aromatic rings. The summed E-state index contributed by atoms with van der Waals surface area (Å²) in [6, 6.07) is 29.4. The van der Waals surface area contributed by atoms with E-state index in [2.05, 4.69) is 5.32 Å². The number of amides is 1. The highest BCUT2D eigenvalue weighted by molar-refractivity contribution is 7.92. The third kappa shape index (κ3) is 5.09. The third-order valence-corrected chi connectivity index (χ3v) is 7.69. The minimum atomic E-state index is -4.11. The molecule has 172 valence electrons. The molecule has 0 aliphatic carbocycles. The summed E-state index contributed by atoms with van der Waals surface area (Å²) in [6.07, 6.45) is 0. The summed E-state index contributed by atoms with van der Waals surface area (Å²) in [5.41, 5.74) is 2.41. The predicted octanol–water partition coefficient (Wildman–Crippen LogP) is 6.49. The second-order valence-electron chi connectivity index (χ2n) is 7.36. The monoisotopic (exact) mass is 510 g/mol. The van der Waals surface area contributed by atoms with E-state index in [0.717, 1.165) is 15.4 Å². The molecule has 0 aliphatic rings. The van der Waals surface area contributed by atoms with Crippen LogP contribution in [-0.4, -0.2) is 20.9 Å². The maximum absolute atomic E-state index is 13.5. The molecule has 0 heterocycles. The van der Waals surface area contributed by atoms with Crippen LogP contribution in [-0.2, 0) is 14.8 Å². The van der Waals surface area contributed by atoms with Gasteiger partial charge in [0, 0.05) is 11.3 Å². The Bertz CT molecular complexity index is 1410. The lowest BCUT2D eigenvalue weighted by Gasteiger charge is -2.25. The number of carbonyl (C=O) groups is 1. The quantitative estimate of drug-likeness (QED) is 0.308. The van der Waals surface area contributed by atoms with Crippen molar-refractivity contribution in [3.8, 4) is 11.1 Å². The van der Waals surface area contributed by atoms with Gasteiger partial charge in [0.2, 0.25) is 5.91 Å². The van der Waals surface area contributed by atoms with Crippen molar-refractivity contribution in [2.24, 2.45) is 0 Å². The first-order valence-corrected chi connectivity index (χ1v) is 12.5. The summed E-state index contributed by atoms with van der Waals surface area (Å²) in [7, 11) is -4.11. The molecule has 0 saturated heterocycles. The van der Waals surface area contributed by atoms with E-state index >= 15 is 0 Å². The van der Waals surface area contributed by atoms with E-state index in [9.17, 15) is 13.2 Å². The van der Waals surface area contributed by atoms with E-state index in [1.165, 1.54) is 18.2 Å². The van der Waals surface area contributed by atoms with Gasteiger partial charge in [0.05, 0.1) is 20.6 Å². The van der Waals surface area contributed by atoms with Crippen LogP contribution in [0.1, 0.15) is 0 Å². The number of carbonyl (C=O) groups excluding carboxylic acids is 1. The van der Waals surface area contributed by atoms with Crippen molar-refractivity contribution in [3.63, 3.8) is 0 Å². The van der Waals surface area contributed by atoms with Crippen molar-refractivity contribution in [2.45, 2.75) is 4.90 Å². The van der Waals surface area contributed by atoms with E-state index in [4.69, 9.17) is 23.2 Å². The van der Waals surface area contributed by atoms with Gasteiger partial charge in [-0.25, -0.2) is 8.42 Å². The topological polar surface area (TPSA) is 66.5 Å². The summed E-state index contributed by atoms with van der Waals surface area (Å²) >= 11 is 12.5. The lowest BCUT2D eigenvalue weighted by molar-refractivity contribution is -0.114. The molecule has 4 rings (SSSR count). The van der Waals surface area contributed by atoms with Gasteiger partial charge < -0.3 is 5.32 Å². The first-order chi connectivity index (χ1) is 16.4. The maximum Gasteiger partial charge on any atom is 0.264 e. The number of sulfonamides is 1. The normalized spacial score (nSPS) is 11.1. The number of rotatable bonds is 7. The average Bonchev–Trinajstić information content (AvgIpc) is 2.86. The molecule has 0 aromatic heterocycles. The van der Waals surface area contributed by atoms with Crippen LogP contribution in [0.5, 0.6) is 0 Å². The molecule has 5 nitrogen and oxygen atoms in total. The van der Waals surface area contributed by atoms with Gasteiger partial charge in [0.15, 0.2) is 0 Å². The molecule has 1 N–H and O–H groups in total. The molecule has 0 aliphatic heterocycles. The summed E-state index contributed by atoms with van der Waals surface area (Å²) < 4.78 is 28.0. The summed E-state index contributed by atoms with van der Waals surface area (Å²) in [4.78, 5) is 13.2. The Labute approximate surface area is 208 Å². The van der Waals surface area contributed by atoms with Crippen molar-refractivity contribution in [2.75, 3.05) is 16.2 Å². The van der Waals surface area contributed by atoms with Crippen molar-refractivity contribution in [1.29, 1.82) is 0 Å². The second-order valence-corrected chi connectivity index (χ2v) is 10.0. The minimum Gasteiger partial charge on any atom is -0.324 e. The number of anilines is 2. The van der Waals surface area contributed by atoms with Crippen LogP contribution in [0.25, 0.3) is 11.1 Å². The van der Waals surface area contributed by atoms with Crippen molar-refractivity contribution >= 4 is 50.5 Å². The van der Waals surface area contributed by atoms with Gasteiger partial charge in [0.25, 0.3) is 10.0 Å². The maximum atomic E-state index is 13.5. The Morgan fingerprint density at radius 2 is 1.38 bits per heavy atom. The Kier molecular flexibility index (Phi) is 7.22. The first-order valence-electron chi connectivity index (χ1n) is 10.3. The van der Waals surface area contributed by atoms with Gasteiger partial charge in [-0.3, -0.25) is 9.10 Å². The lowest BCUT2D eigenvalue weighted by Crippen LogP contribution is -2.38. The smallest absolute Gasteiger partial charge is 0.264 e. The Morgan fingerprint density at radius 3 is 2.09 bits per heavy atom. The van der Waals surface area contributed by atoms with Gasteiger partial charge >= 0.3 is 0 Å². The third-order valence-electron chi connectivity index (χ3n) is 5.10. The predicted molar refractivity (Wildman–Crippen MR) is 138 cm³/mol. The largest absolute Gasteiger partial charge is 0.324 e. The highest BCUT2D eigenvalue weighted by atomic mass is 35.5. The molecule has 34 heavy (non-hydrogen) atoms. The zero-order valence-electron chi connectivity index (χ0n) is 17.9. The number of hydrogen-bond donors (Lipinski definition) is 1. The molecule has 1 amide bonds. The fraction of sp³-hybridized carbons (Fsp3) is 0.0385. The Balaban J connectivity index is 1.70. The molecule has 0 fully saturated rings. The molecule has 8 heteroatoms. The van der Waals surface area contributed by atoms with Gasteiger partial charge in [-0.05, 0) is 35.9 Å². The SMILES string of the molecule is O=C(CN(c1cccc(Cl)c1Cl)S(=O)(=O)c1ccccc1)Nc1ccccc1-c1ccccc1. The van der Waals surface area contributed by atoms with Crippen LogP contribution < -0.4 is 9.62 Å². The number of halogens is 2. The van der Waals surface area contributed by atoms with Gasteiger partial charge in [-0.2, -0.15) is 0 Å². The van der Waals surface area contributed by atoms with Crippen LogP contribution in [0.15, 0.2) is 108 Å². The highest BCUT2D eigenvalue weighted by Crippen LogP contribution is 2.35. The second kappa shape index (κ2) is 10.3. The number of para-hydroxylation sites is 1. The van der Waals surface area contributed by atoms with Gasteiger partial charge in [0.1, 0.15) is 6.54 Å². The highest BCUT2D eigenvalue weighted by Gasteiger charge is 2.29. The Hall–Kier alpha value is -3.32. The number of nitrogens with zero attached hydrogens (tertiary/aromatic N) is 1. The molecule has 0 saturated carbocycles. The number of nitrogens with one attached hydrogen (secondary N) is 1. The molecule has 0 spiro atoms. The van der Waals surface area contributed by atoms with Crippen LogP contribution in [0, 0.1) is 0 Å². The van der Waals surface area contributed by atoms with E-state index < -0.39 is 22.5 Å². The van der Waals surface area contributed by atoms with E-state index in [-0.39, 0.29) is 20.6 Å².